The third-order valence-corrected chi connectivity index (χ3v) is 5.25. The summed E-state index contributed by atoms with van der Waals surface area (Å²) in [5.41, 5.74) is -0.733. The molecule has 27 heavy (non-hydrogen) atoms. The SMILES string of the molecule is O=C(c1c[nH]c(=O)[nH]1)N1CC[C@@H](O)[C@](CCCc2ccccc2)(C(=O)O)C1. The number of likely N-dealkylation sites (tertiary alicyclic amines) is 1. The number of nitrogens with zero attached hydrogens (tertiary/aromatic N) is 1. The van der Waals surface area contributed by atoms with Crippen LogP contribution in [0.1, 0.15) is 35.3 Å². The van der Waals surface area contributed by atoms with Crippen LogP contribution in [0.15, 0.2) is 41.3 Å². The van der Waals surface area contributed by atoms with E-state index in [1.54, 1.807) is 0 Å². The number of nitrogens with one attached hydrogen (secondary N) is 2. The molecule has 4 N–H and O–H groups in total. The molecule has 8 heteroatoms. The Morgan fingerprint density at radius 1 is 1.26 bits per heavy atom. The molecule has 1 aliphatic rings. The summed E-state index contributed by atoms with van der Waals surface area (Å²) in [6, 6.07) is 9.72. The second kappa shape index (κ2) is 7.79. The molecule has 0 radical (unpaired) electrons. The Balaban J connectivity index is 1.74. The molecule has 1 fully saturated rings. The molecule has 1 aromatic carbocycles. The molecule has 3 rings (SSSR count). The quantitative estimate of drug-likeness (QED) is 0.601. The summed E-state index contributed by atoms with van der Waals surface area (Å²) in [4.78, 5) is 42.0. The number of piperidine rings is 1. The number of aliphatic hydroxyl groups is 1. The van der Waals surface area contributed by atoms with Crippen LogP contribution in [0.25, 0.3) is 0 Å². The Morgan fingerprint density at radius 2 is 2.00 bits per heavy atom. The van der Waals surface area contributed by atoms with Gasteiger partial charge < -0.3 is 25.1 Å². The molecule has 0 aliphatic carbocycles. The van der Waals surface area contributed by atoms with E-state index in [-0.39, 0.29) is 31.6 Å². The lowest BCUT2D eigenvalue weighted by atomic mass is 9.73. The molecule has 0 unspecified atom stereocenters. The van der Waals surface area contributed by atoms with E-state index in [0.717, 1.165) is 5.56 Å². The van der Waals surface area contributed by atoms with Gasteiger partial charge >= 0.3 is 11.7 Å². The van der Waals surface area contributed by atoms with Gasteiger partial charge in [-0.3, -0.25) is 9.59 Å². The molecule has 144 valence electrons. The topological polar surface area (TPSA) is 126 Å². The predicted molar refractivity (Wildman–Crippen MR) is 97.4 cm³/mol. The van der Waals surface area contributed by atoms with E-state index in [2.05, 4.69) is 9.97 Å². The number of carboxylic acid groups (broad SMARTS) is 1. The lowest BCUT2D eigenvalue weighted by molar-refractivity contribution is -0.162. The van der Waals surface area contributed by atoms with Crippen molar-refractivity contribution in [2.24, 2.45) is 5.41 Å². The summed E-state index contributed by atoms with van der Waals surface area (Å²) < 4.78 is 0. The molecule has 8 nitrogen and oxygen atoms in total. The molecule has 2 atom stereocenters. The summed E-state index contributed by atoms with van der Waals surface area (Å²) in [5.74, 6) is -1.56. The van der Waals surface area contributed by atoms with Crippen LogP contribution in [0.4, 0.5) is 0 Å². The van der Waals surface area contributed by atoms with Crippen molar-refractivity contribution < 1.29 is 19.8 Å². The van der Waals surface area contributed by atoms with E-state index in [9.17, 15) is 24.6 Å². The number of carbonyl (C=O) groups excluding carboxylic acids is 1. The Hall–Kier alpha value is -2.87. The Bertz CT molecular complexity index is 859. The van der Waals surface area contributed by atoms with E-state index >= 15 is 0 Å². The number of aliphatic hydroxyl groups excluding tert-OH is 1. The largest absolute Gasteiger partial charge is 0.481 e. The van der Waals surface area contributed by atoms with Crippen LogP contribution < -0.4 is 5.69 Å². The second-order valence-corrected chi connectivity index (χ2v) is 6.99. The average molecular weight is 373 g/mol. The molecule has 1 aromatic heterocycles. The summed E-state index contributed by atoms with van der Waals surface area (Å²) in [5, 5.41) is 20.3. The van der Waals surface area contributed by atoms with Crippen molar-refractivity contribution in [3.63, 3.8) is 0 Å². The minimum atomic E-state index is -1.42. The smallest absolute Gasteiger partial charge is 0.323 e. The number of amides is 1. The predicted octanol–water partition coefficient (Wildman–Crippen LogP) is 1.00. The number of aryl methyl sites for hydroxylation is 1. The third kappa shape index (κ3) is 3.95. The lowest BCUT2D eigenvalue weighted by Crippen LogP contribution is -2.57. The summed E-state index contributed by atoms with van der Waals surface area (Å²) in [6.07, 6.45) is 1.95. The zero-order valence-corrected chi connectivity index (χ0v) is 14.9. The summed E-state index contributed by atoms with van der Waals surface area (Å²) >= 11 is 0. The first-order valence-corrected chi connectivity index (χ1v) is 8.95. The fraction of sp³-hybridized carbons (Fsp3) is 0.421. The highest BCUT2D eigenvalue weighted by atomic mass is 16.4. The van der Waals surface area contributed by atoms with E-state index in [1.807, 2.05) is 30.3 Å². The van der Waals surface area contributed by atoms with Crippen LogP contribution in [0.5, 0.6) is 0 Å². The van der Waals surface area contributed by atoms with Gasteiger partial charge in [-0.2, -0.15) is 0 Å². The summed E-state index contributed by atoms with van der Waals surface area (Å²) in [6.45, 7) is 0.144. The Labute approximate surface area is 155 Å². The molecule has 0 saturated carbocycles. The number of benzene rings is 1. The van der Waals surface area contributed by atoms with Gasteiger partial charge in [-0.05, 0) is 31.2 Å². The number of rotatable bonds is 6. The number of imidazole rings is 1. The highest BCUT2D eigenvalue weighted by Crippen LogP contribution is 2.36. The number of hydrogen-bond donors (Lipinski definition) is 4. The van der Waals surface area contributed by atoms with Crippen molar-refractivity contribution in [3.05, 3.63) is 58.3 Å². The molecule has 0 spiro atoms. The molecule has 1 amide bonds. The number of hydrogen-bond acceptors (Lipinski definition) is 4. The second-order valence-electron chi connectivity index (χ2n) is 6.99. The summed E-state index contributed by atoms with van der Waals surface area (Å²) in [7, 11) is 0. The number of H-pyrrole nitrogens is 2. The highest BCUT2D eigenvalue weighted by Gasteiger charge is 2.49. The number of aromatic amines is 2. The lowest BCUT2D eigenvalue weighted by Gasteiger charge is -2.43. The monoisotopic (exact) mass is 373 g/mol. The highest BCUT2D eigenvalue weighted by molar-refractivity contribution is 5.92. The van der Waals surface area contributed by atoms with Gasteiger partial charge in [0, 0.05) is 19.3 Å². The Morgan fingerprint density at radius 3 is 2.63 bits per heavy atom. The van der Waals surface area contributed by atoms with Crippen LogP contribution in [-0.4, -0.2) is 56.2 Å². The van der Waals surface area contributed by atoms with Gasteiger partial charge in [0.2, 0.25) is 0 Å². The molecule has 2 heterocycles. The van der Waals surface area contributed by atoms with Crippen molar-refractivity contribution in [2.45, 2.75) is 31.8 Å². The van der Waals surface area contributed by atoms with Crippen molar-refractivity contribution in [1.29, 1.82) is 0 Å². The van der Waals surface area contributed by atoms with Gasteiger partial charge in [-0.25, -0.2) is 4.79 Å². The van der Waals surface area contributed by atoms with Gasteiger partial charge in [-0.1, -0.05) is 30.3 Å². The number of carbonyl (C=O) groups is 2. The van der Waals surface area contributed by atoms with Crippen molar-refractivity contribution in [3.8, 4) is 0 Å². The first kappa shape index (κ1) is 18.9. The van der Waals surface area contributed by atoms with Crippen LogP contribution in [0.2, 0.25) is 0 Å². The maximum Gasteiger partial charge on any atom is 0.323 e. The minimum Gasteiger partial charge on any atom is -0.481 e. The van der Waals surface area contributed by atoms with E-state index < -0.39 is 29.1 Å². The fourth-order valence-corrected chi connectivity index (χ4v) is 3.69. The van der Waals surface area contributed by atoms with Gasteiger partial charge in [-0.15, -0.1) is 0 Å². The van der Waals surface area contributed by atoms with Gasteiger partial charge in [0.15, 0.2) is 0 Å². The van der Waals surface area contributed by atoms with Gasteiger partial charge in [0.05, 0.1) is 6.10 Å². The van der Waals surface area contributed by atoms with Gasteiger partial charge in [0.25, 0.3) is 5.91 Å². The van der Waals surface area contributed by atoms with Crippen LogP contribution >= 0.6 is 0 Å². The van der Waals surface area contributed by atoms with E-state index in [0.29, 0.717) is 12.8 Å². The first-order valence-electron chi connectivity index (χ1n) is 8.95. The molecular formula is C19H23N3O5. The average Bonchev–Trinajstić information content (AvgIpc) is 3.10. The first-order chi connectivity index (χ1) is 12.9. The molecular weight excluding hydrogens is 350 g/mol. The van der Waals surface area contributed by atoms with Gasteiger partial charge in [0.1, 0.15) is 11.1 Å². The van der Waals surface area contributed by atoms with E-state index in [4.69, 9.17) is 0 Å². The molecule has 0 bridgehead atoms. The van der Waals surface area contributed by atoms with Crippen LogP contribution in [-0.2, 0) is 11.2 Å². The zero-order chi connectivity index (χ0) is 19.4. The molecule has 1 aliphatic heterocycles. The fourth-order valence-electron chi connectivity index (χ4n) is 3.69. The normalized spacial score (nSPS) is 22.6. The zero-order valence-electron chi connectivity index (χ0n) is 14.9. The van der Waals surface area contributed by atoms with Crippen molar-refractivity contribution in [2.75, 3.05) is 13.1 Å². The van der Waals surface area contributed by atoms with Crippen LogP contribution in [0, 0.1) is 5.41 Å². The third-order valence-electron chi connectivity index (χ3n) is 5.25. The maximum atomic E-state index is 12.6. The number of aliphatic carboxylic acids is 1. The molecule has 1 saturated heterocycles. The maximum absolute atomic E-state index is 12.6. The number of aromatic nitrogens is 2. The van der Waals surface area contributed by atoms with E-state index in [1.165, 1.54) is 11.1 Å². The van der Waals surface area contributed by atoms with Crippen molar-refractivity contribution in [1.82, 2.24) is 14.9 Å². The molecule has 2 aromatic rings. The standard InChI is InChI=1S/C19H23N3O5/c23-15-8-10-22(16(24)14-11-20-18(27)21-14)12-19(15,17(25)26)9-4-7-13-5-2-1-3-6-13/h1-3,5-6,11,15,23H,4,7-10,12H2,(H,25,26)(H2,20,21,27)/t15-,19-/m1/s1. The Kier molecular flexibility index (Phi) is 5.46. The van der Waals surface area contributed by atoms with Crippen molar-refractivity contribution >= 4 is 11.9 Å². The minimum absolute atomic E-state index is 0.0833. The number of carboxylic acids is 1. The van der Waals surface area contributed by atoms with Crippen LogP contribution in [0.3, 0.4) is 0 Å².